The van der Waals surface area contributed by atoms with E-state index in [-0.39, 0.29) is 5.91 Å². The minimum absolute atomic E-state index is 0.00644. The molecule has 1 aromatic carbocycles. The number of amides is 1. The van der Waals surface area contributed by atoms with Crippen LogP contribution in [-0.2, 0) is 6.42 Å². The molecule has 0 spiro atoms. The summed E-state index contributed by atoms with van der Waals surface area (Å²) < 4.78 is 10.6. The van der Waals surface area contributed by atoms with Gasteiger partial charge in [-0.25, -0.2) is 4.98 Å². The zero-order valence-electron chi connectivity index (χ0n) is 15.8. The maximum absolute atomic E-state index is 12.8. The fourth-order valence-electron chi connectivity index (χ4n) is 2.71. The summed E-state index contributed by atoms with van der Waals surface area (Å²) in [5.41, 5.74) is 2.94. The van der Waals surface area contributed by atoms with Gasteiger partial charge in [0.2, 0.25) is 0 Å². The van der Waals surface area contributed by atoms with Crippen molar-refractivity contribution in [3.05, 3.63) is 51.2 Å². The van der Waals surface area contributed by atoms with Gasteiger partial charge in [0.15, 0.2) is 11.5 Å². The molecule has 3 aromatic rings. The van der Waals surface area contributed by atoms with Gasteiger partial charge in [-0.3, -0.25) is 4.79 Å². The quantitative estimate of drug-likeness (QED) is 0.583. The zero-order valence-corrected chi connectivity index (χ0v) is 17.4. The Bertz CT molecular complexity index is 919. The molecule has 0 bridgehead atoms. The Balaban J connectivity index is 1.68. The largest absolute Gasteiger partial charge is 0.493 e. The van der Waals surface area contributed by atoms with Gasteiger partial charge in [-0.2, -0.15) is 11.3 Å². The van der Waals surface area contributed by atoms with Crippen molar-refractivity contribution in [2.75, 3.05) is 27.8 Å². The van der Waals surface area contributed by atoms with Gasteiger partial charge >= 0.3 is 0 Å². The lowest BCUT2D eigenvalue weighted by molar-refractivity contribution is 0.0800. The molecule has 1 amide bonds. The molecule has 0 aliphatic carbocycles. The molecule has 0 N–H and O–H groups in total. The number of rotatable bonds is 7. The first-order valence-electron chi connectivity index (χ1n) is 8.50. The van der Waals surface area contributed by atoms with E-state index >= 15 is 0 Å². The second kappa shape index (κ2) is 8.54. The lowest BCUT2D eigenvalue weighted by Crippen LogP contribution is -2.28. The summed E-state index contributed by atoms with van der Waals surface area (Å²) in [7, 11) is 5.06. The molecule has 0 aliphatic rings. The van der Waals surface area contributed by atoms with Crippen LogP contribution in [0.15, 0.2) is 35.0 Å². The van der Waals surface area contributed by atoms with Gasteiger partial charge < -0.3 is 14.4 Å². The molecule has 2 aromatic heterocycles. The number of nitrogens with zero attached hydrogens (tertiary/aromatic N) is 2. The highest BCUT2D eigenvalue weighted by Crippen LogP contribution is 2.30. The number of hydrogen-bond acceptors (Lipinski definition) is 6. The van der Waals surface area contributed by atoms with Crippen LogP contribution in [0.1, 0.15) is 20.9 Å². The van der Waals surface area contributed by atoms with Gasteiger partial charge in [0, 0.05) is 24.5 Å². The normalized spacial score (nSPS) is 10.7. The van der Waals surface area contributed by atoms with Gasteiger partial charge in [0.25, 0.3) is 5.91 Å². The predicted octanol–water partition coefficient (Wildman–Crippen LogP) is 4.51. The lowest BCUT2D eigenvalue weighted by Gasteiger charge is -2.17. The van der Waals surface area contributed by atoms with Gasteiger partial charge in [-0.1, -0.05) is 6.07 Å². The second-order valence-electron chi connectivity index (χ2n) is 6.11. The first-order valence-corrected chi connectivity index (χ1v) is 10.3. The number of thiophene rings is 1. The topological polar surface area (TPSA) is 51.7 Å². The van der Waals surface area contributed by atoms with E-state index in [0.29, 0.717) is 22.9 Å². The molecule has 0 saturated heterocycles. The Morgan fingerprint density at radius 1 is 1.19 bits per heavy atom. The van der Waals surface area contributed by atoms with E-state index in [2.05, 4.69) is 4.98 Å². The summed E-state index contributed by atoms with van der Waals surface area (Å²) in [4.78, 5) is 19.9. The number of hydrogen-bond donors (Lipinski definition) is 0. The van der Waals surface area contributed by atoms with E-state index in [9.17, 15) is 4.79 Å². The van der Waals surface area contributed by atoms with Gasteiger partial charge in [0.05, 0.1) is 19.9 Å². The van der Waals surface area contributed by atoms with Gasteiger partial charge in [0.1, 0.15) is 9.88 Å². The maximum Gasteiger partial charge on any atom is 0.265 e. The van der Waals surface area contributed by atoms with Crippen LogP contribution >= 0.6 is 22.7 Å². The van der Waals surface area contributed by atoms with Crippen LogP contribution in [0.3, 0.4) is 0 Å². The van der Waals surface area contributed by atoms with Crippen LogP contribution in [-0.4, -0.2) is 43.6 Å². The summed E-state index contributed by atoms with van der Waals surface area (Å²) in [5.74, 6) is 1.40. The molecule has 0 atom stereocenters. The highest BCUT2D eigenvalue weighted by Gasteiger charge is 2.20. The first kappa shape index (κ1) is 19.4. The average molecular weight is 403 g/mol. The summed E-state index contributed by atoms with van der Waals surface area (Å²) in [6.07, 6.45) is 0.734. The molecular weight excluding hydrogens is 380 g/mol. The smallest absolute Gasteiger partial charge is 0.265 e. The van der Waals surface area contributed by atoms with Crippen LogP contribution in [0.5, 0.6) is 11.5 Å². The molecule has 0 fully saturated rings. The van der Waals surface area contributed by atoms with Gasteiger partial charge in [-0.05, 0) is 42.5 Å². The van der Waals surface area contributed by atoms with Gasteiger partial charge in [-0.15, -0.1) is 11.3 Å². The number of aryl methyl sites for hydroxylation is 1. The molecule has 3 rings (SSSR count). The summed E-state index contributed by atoms with van der Waals surface area (Å²) >= 11 is 3.08. The van der Waals surface area contributed by atoms with Crippen LogP contribution < -0.4 is 9.47 Å². The zero-order chi connectivity index (χ0) is 19.4. The lowest BCUT2D eigenvalue weighted by atomic mass is 10.1. The van der Waals surface area contributed by atoms with Crippen molar-refractivity contribution >= 4 is 28.6 Å². The van der Waals surface area contributed by atoms with Crippen LogP contribution in [0.2, 0.25) is 0 Å². The van der Waals surface area contributed by atoms with Crippen LogP contribution in [0, 0.1) is 6.92 Å². The van der Waals surface area contributed by atoms with Crippen molar-refractivity contribution in [3.63, 3.8) is 0 Å². The SMILES string of the molecule is COc1ccc(CCN(C)C(=O)c2sc(-c3ccsc3)nc2C)cc1OC. The Kier molecular flexibility index (Phi) is 6.13. The molecular formula is C20H22N2O3S2. The molecule has 27 heavy (non-hydrogen) atoms. The molecule has 0 unspecified atom stereocenters. The Labute approximate surface area is 167 Å². The Morgan fingerprint density at radius 3 is 2.63 bits per heavy atom. The summed E-state index contributed by atoms with van der Waals surface area (Å²) in [6, 6.07) is 7.85. The molecule has 0 aliphatic heterocycles. The molecule has 2 heterocycles. The average Bonchev–Trinajstić information content (AvgIpc) is 3.34. The number of benzene rings is 1. The minimum atomic E-state index is 0.00644. The fraction of sp³-hybridized carbons (Fsp3) is 0.300. The number of aromatic nitrogens is 1. The van der Waals surface area contributed by atoms with Crippen molar-refractivity contribution < 1.29 is 14.3 Å². The van der Waals surface area contributed by atoms with Crippen molar-refractivity contribution in [1.29, 1.82) is 0 Å². The van der Waals surface area contributed by atoms with Crippen molar-refractivity contribution in [2.45, 2.75) is 13.3 Å². The summed E-state index contributed by atoms with van der Waals surface area (Å²) in [5, 5.41) is 4.96. The fourth-order valence-corrected chi connectivity index (χ4v) is 4.48. The van der Waals surface area contributed by atoms with Crippen molar-refractivity contribution in [1.82, 2.24) is 9.88 Å². The molecule has 142 valence electrons. The number of ether oxygens (including phenoxy) is 2. The van der Waals surface area contributed by atoms with Crippen molar-refractivity contribution in [2.24, 2.45) is 0 Å². The third-order valence-corrected chi connectivity index (χ3v) is 6.17. The number of likely N-dealkylation sites (N-methyl/N-ethyl adjacent to an activating group) is 1. The molecule has 0 saturated carbocycles. The van der Waals surface area contributed by atoms with E-state index in [1.165, 1.54) is 11.3 Å². The molecule has 7 heteroatoms. The highest BCUT2D eigenvalue weighted by atomic mass is 32.1. The molecule has 0 radical (unpaired) electrons. The van der Waals surface area contributed by atoms with E-state index in [4.69, 9.17) is 9.47 Å². The van der Waals surface area contributed by atoms with E-state index in [1.54, 1.807) is 30.5 Å². The third kappa shape index (κ3) is 4.31. The first-order chi connectivity index (χ1) is 13.0. The number of carbonyl (C=O) groups excluding carboxylic acids is 1. The number of thiazole rings is 1. The third-order valence-electron chi connectivity index (χ3n) is 4.29. The predicted molar refractivity (Wildman–Crippen MR) is 110 cm³/mol. The monoisotopic (exact) mass is 402 g/mol. The Morgan fingerprint density at radius 2 is 1.96 bits per heavy atom. The van der Waals surface area contributed by atoms with E-state index in [0.717, 1.165) is 28.2 Å². The van der Waals surface area contributed by atoms with Crippen LogP contribution in [0.4, 0.5) is 0 Å². The highest BCUT2D eigenvalue weighted by molar-refractivity contribution is 7.17. The molecule has 5 nitrogen and oxygen atoms in total. The second-order valence-corrected chi connectivity index (χ2v) is 7.89. The number of carbonyl (C=O) groups is 1. The van der Waals surface area contributed by atoms with E-state index < -0.39 is 0 Å². The Hall–Kier alpha value is -2.38. The van der Waals surface area contributed by atoms with Crippen LogP contribution in [0.25, 0.3) is 10.6 Å². The maximum atomic E-state index is 12.8. The standard InChI is InChI=1S/C20H22N2O3S2/c1-13-18(27-19(21-13)15-8-10-26-12-15)20(23)22(2)9-7-14-5-6-16(24-3)17(11-14)25-4/h5-6,8,10-12H,7,9H2,1-4H3. The summed E-state index contributed by atoms with van der Waals surface area (Å²) in [6.45, 7) is 2.50. The number of methoxy groups -OCH3 is 2. The van der Waals surface area contributed by atoms with Crippen molar-refractivity contribution in [3.8, 4) is 22.1 Å². The minimum Gasteiger partial charge on any atom is -0.493 e. The van der Waals surface area contributed by atoms with E-state index in [1.807, 2.05) is 49.0 Å².